The molecule has 2 N–H and O–H groups in total. The number of carboxylic acid groups (broad SMARTS) is 1. The molecule has 0 fully saturated rings. The predicted molar refractivity (Wildman–Crippen MR) is 62.2 cm³/mol. The molecule has 0 amide bonds. The second kappa shape index (κ2) is 5.88. The molecule has 84 valence electrons. The summed E-state index contributed by atoms with van der Waals surface area (Å²) in [6.45, 7) is 5.06. The maximum absolute atomic E-state index is 10.7. The maximum atomic E-state index is 10.7. The molecule has 0 aromatic carbocycles. The molecule has 0 aliphatic rings. The van der Waals surface area contributed by atoms with Crippen molar-refractivity contribution in [2.24, 2.45) is 5.92 Å². The quantitative estimate of drug-likeness (QED) is 0.785. The monoisotopic (exact) mass is 227 g/mol. The van der Waals surface area contributed by atoms with Gasteiger partial charge in [0.2, 0.25) is 0 Å². The molecule has 0 aliphatic heterocycles. The van der Waals surface area contributed by atoms with Gasteiger partial charge in [0, 0.05) is 4.88 Å². The van der Waals surface area contributed by atoms with Crippen LogP contribution in [0.2, 0.25) is 0 Å². The van der Waals surface area contributed by atoms with Crippen molar-refractivity contribution in [3.05, 3.63) is 22.4 Å². The summed E-state index contributed by atoms with van der Waals surface area (Å²) in [5.41, 5.74) is 0. The van der Waals surface area contributed by atoms with Crippen LogP contribution in [0.15, 0.2) is 17.5 Å². The molecule has 15 heavy (non-hydrogen) atoms. The molecule has 4 heteroatoms. The molecule has 0 bridgehead atoms. The Morgan fingerprint density at radius 1 is 1.60 bits per heavy atom. The lowest BCUT2D eigenvalue weighted by molar-refractivity contribution is -0.137. The fourth-order valence-electron chi connectivity index (χ4n) is 1.32. The van der Waals surface area contributed by atoms with Gasteiger partial charge in [0.05, 0.1) is 12.5 Å². The van der Waals surface area contributed by atoms with Crippen LogP contribution in [-0.2, 0) is 4.79 Å². The average molecular weight is 227 g/mol. The summed E-state index contributed by atoms with van der Waals surface area (Å²) in [5.74, 6) is -0.231. The van der Waals surface area contributed by atoms with Crippen molar-refractivity contribution >= 4 is 17.3 Å². The number of carboxylic acids is 1. The van der Waals surface area contributed by atoms with Gasteiger partial charge in [0.1, 0.15) is 0 Å². The zero-order valence-corrected chi connectivity index (χ0v) is 9.88. The van der Waals surface area contributed by atoms with E-state index in [2.05, 4.69) is 19.2 Å². The molecule has 1 unspecified atom stereocenters. The predicted octanol–water partition coefficient (Wildman–Crippen LogP) is 2.51. The molecule has 1 aromatic rings. The van der Waals surface area contributed by atoms with Gasteiger partial charge < -0.3 is 10.4 Å². The molecule has 1 atom stereocenters. The molecule has 0 aliphatic carbocycles. The van der Waals surface area contributed by atoms with E-state index >= 15 is 0 Å². The first kappa shape index (κ1) is 12.2. The highest BCUT2D eigenvalue weighted by atomic mass is 32.1. The second-order valence-electron chi connectivity index (χ2n) is 3.97. The molecule has 0 spiro atoms. The molecular weight excluding hydrogens is 210 g/mol. The second-order valence-corrected chi connectivity index (χ2v) is 4.95. The molecule has 0 saturated carbocycles. The van der Waals surface area contributed by atoms with Gasteiger partial charge in [0.15, 0.2) is 0 Å². The van der Waals surface area contributed by atoms with Crippen LogP contribution in [0.3, 0.4) is 0 Å². The fraction of sp³-hybridized carbons (Fsp3) is 0.545. The molecule has 0 radical (unpaired) electrons. The number of thiophene rings is 1. The minimum atomic E-state index is -0.760. The molecule has 0 saturated heterocycles. The van der Waals surface area contributed by atoms with E-state index in [1.165, 1.54) is 0 Å². The molecule has 1 heterocycles. The summed E-state index contributed by atoms with van der Waals surface area (Å²) in [6.07, 6.45) is 0.146. The first-order chi connectivity index (χ1) is 7.09. The van der Waals surface area contributed by atoms with Crippen LogP contribution in [0, 0.1) is 5.92 Å². The molecule has 1 rings (SSSR count). The average Bonchev–Trinajstić information content (AvgIpc) is 2.63. The van der Waals surface area contributed by atoms with Gasteiger partial charge in [-0.1, -0.05) is 19.9 Å². The highest BCUT2D eigenvalue weighted by Gasteiger charge is 2.15. The van der Waals surface area contributed by atoms with Crippen LogP contribution < -0.4 is 5.32 Å². The third kappa shape index (κ3) is 4.44. The standard InChI is InChI=1S/C11H17NO2S/c1-8(2)7-12-9(6-11(13)14)10-4-3-5-15-10/h3-5,8-9,12H,6-7H2,1-2H3,(H,13,14). The number of aliphatic carboxylic acids is 1. The largest absolute Gasteiger partial charge is 0.481 e. The zero-order valence-electron chi connectivity index (χ0n) is 9.06. The SMILES string of the molecule is CC(C)CNC(CC(=O)O)c1cccs1. The molecule has 3 nitrogen and oxygen atoms in total. The van der Waals surface area contributed by atoms with Crippen molar-refractivity contribution in [3.63, 3.8) is 0 Å². The summed E-state index contributed by atoms with van der Waals surface area (Å²) in [7, 11) is 0. The normalized spacial score (nSPS) is 13.0. The summed E-state index contributed by atoms with van der Waals surface area (Å²) in [6, 6.07) is 3.88. The van der Waals surface area contributed by atoms with Crippen LogP contribution in [0.5, 0.6) is 0 Å². The highest BCUT2D eigenvalue weighted by Crippen LogP contribution is 2.22. The van der Waals surface area contributed by atoms with E-state index in [1.807, 2.05) is 17.5 Å². The van der Waals surface area contributed by atoms with E-state index in [0.29, 0.717) is 5.92 Å². The van der Waals surface area contributed by atoms with Gasteiger partial charge in [-0.05, 0) is 23.9 Å². The summed E-state index contributed by atoms with van der Waals surface area (Å²) in [4.78, 5) is 11.8. The van der Waals surface area contributed by atoms with E-state index in [-0.39, 0.29) is 12.5 Å². The van der Waals surface area contributed by atoms with Crippen LogP contribution in [-0.4, -0.2) is 17.6 Å². The first-order valence-corrected chi connectivity index (χ1v) is 5.96. The van der Waals surface area contributed by atoms with Gasteiger partial charge in [-0.15, -0.1) is 11.3 Å². The van der Waals surface area contributed by atoms with E-state index in [9.17, 15) is 4.79 Å². The van der Waals surface area contributed by atoms with E-state index in [1.54, 1.807) is 11.3 Å². The van der Waals surface area contributed by atoms with Crippen molar-refractivity contribution in [1.29, 1.82) is 0 Å². The molecular formula is C11H17NO2S. The Bertz CT molecular complexity index is 296. The third-order valence-corrected chi connectivity index (χ3v) is 3.02. The summed E-state index contributed by atoms with van der Waals surface area (Å²) in [5, 5.41) is 14.1. The topological polar surface area (TPSA) is 49.3 Å². The third-order valence-electron chi connectivity index (χ3n) is 2.04. The Morgan fingerprint density at radius 3 is 2.80 bits per heavy atom. The van der Waals surface area contributed by atoms with E-state index in [0.717, 1.165) is 11.4 Å². The zero-order chi connectivity index (χ0) is 11.3. The number of nitrogens with one attached hydrogen (secondary N) is 1. The van der Waals surface area contributed by atoms with Crippen LogP contribution in [0.1, 0.15) is 31.2 Å². The fourth-order valence-corrected chi connectivity index (χ4v) is 2.12. The number of hydrogen-bond donors (Lipinski definition) is 2. The number of rotatable bonds is 6. The van der Waals surface area contributed by atoms with Gasteiger partial charge in [-0.25, -0.2) is 0 Å². The minimum absolute atomic E-state index is 0.0510. The Kier molecular flexibility index (Phi) is 4.78. The minimum Gasteiger partial charge on any atom is -0.481 e. The van der Waals surface area contributed by atoms with Crippen LogP contribution in [0.25, 0.3) is 0 Å². The van der Waals surface area contributed by atoms with Gasteiger partial charge in [0.25, 0.3) is 0 Å². The Morgan fingerprint density at radius 2 is 2.33 bits per heavy atom. The lowest BCUT2D eigenvalue weighted by Gasteiger charge is -2.16. The van der Waals surface area contributed by atoms with E-state index < -0.39 is 5.97 Å². The lowest BCUT2D eigenvalue weighted by Crippen LogP contribution is -2.26. The van der Waals surface area contributed by atoms with Crippen molar-refractivity contribution in [2.45, 2.75) is 26.3 Å². The van der Waals surface area contributed by atoms with Gasteiger partial charge >= 0.3 is 5.97 Å². The Balaban J connectivity index is 2.57. The highest BCUT2D eigenvalue weighted by molar-refractivity contribution is 7.10. The Labute approximate surface area is 94.1 Å². The van der Waals surface area contributed by atoms with Crippen molar-refractivity contribution in [2.75, 3.05) is 6.54 Å². The summed E-state index contributed by atoms with van der Waals surface area (Å²) < 4.78 is 0. The van der Waals surface area contributed by atoms with Crippen LogP contribution >= 0.6 is 11.3 Å². The maximum Gasteiger partial charge on any atom is 0.305 e. The van der Waals surface area contributed by atoms with Crippen LogP contribution in [0.4, 0.5) is 0 Å². The smallest absolute Gasteiger partial charge is 0.305 e. The van der Waals surface area contributed by atoms with Gasteiger partial charge in [-0.2, -0.15) is 0 Å². The van der Waals surface area contributed by atoms with Gasteiger partial charge in [-0.3, -0.25) is 4.79 Å². The number of hydrogen-bond acceptors (Lipinski definition) is 3. The first-order valence-electron chi connectivity index (χ1n) is 5.08. The van der Waals surface area contributed by atoms with E-state index in [4.69, 9.17) is 5.11 Å². The number of carbonyl (C=O) groups is 1. The van der Waals surface area contributed by atoms with Crippen molar-refractivity contribution < 1.29 is 9.90 Å². The van der Waals surface area contributed by atoms with Crippen molar-refractivity contribution in [3.8, 4) is 0 Å². The molecule has 1 aromatic heterocycles. The van der Waals surface area contributed by atoms with Crippen molar-refractivity contribution in [1.82, 2.24) is 5.32 Å². The Hall–Kier alpha value is -0.870. The summed E-state index contributed by atoms with van der Waals surface area (Å²) >= 11 is 1.60. The lowest BCUT2D eigenvalue weighted by atomic mass is 10.1.